The van der Waals surface area contributed by atoms with Gasteiger partial charge in [-0.2, -0.15) is 0 Å². The molecule has 3 aromatic rings. The summed E-state index contributed by atoms with van der Waals surface area (Å²) in [5.74, 6) is 0. The zero-order chi connectivity index (χ0) is 20.6. The highest BCUT2D eigenvalue weighted by atomic mass is 35.5. The highest BCUT2D eigenvalue weighted by Gasteiger charge is 2.32. The molecule has 0 radical (unpaired) electrons. The molecule has 1 aliphatic heterocycles. The first kappa shape index (κ1) is 20.7. The fraction of sp³-hybridized carbons (Fsp3) is 0.286. The van der Waals surface area contributed by atoms with Crippen LogP contribution in [0, 0.1) is 6.92 Å². The van der Waals surface area contributed by atoms with Gasteiger partial charge in [0, 0.05) is 24.0 Å². The van der Waals surface area contributed by atoms with Crippen LogP contribution in [0.5, 0.6) is 0 Å². The number of thiazole rings is 1. The maximum Gasteiger partial charge on any atom is 0.185 e. The summed E-state index contributed by atoms with van der Waals surface area (Å²) in [6, 6.07) is 12.7. The van der Waals surface area contributed by atoms with Crippen molar-refractivity contribution in [2.75, 3.05) is 18.0 Å². The van der Waals surface area contributed by atoms with Crippen molar-refractivity contribution in [3.63, 3.8) is 0 Å². The molecule has 1 aliphatic rings. The van der Waals surface area contributed by atoms with Gasteiger partial charge in [-0.1, -0.05) is 47.5 Å². The summed E-state index contributed by atoms with van der Waals surface area (Å²) < 4.78 is 26.0. The fourth-order valence-electron chi connectivity index (χ4n) is 3.60. The molecule has 4 nitrogen and oxygen atoms in total. The summed E-state index contributed by atoms with van der Waals surface area (Å²) in [5, 5.41) is 3.20. The van der Waals surface area contributed by atoms with E-state index in [4.69, 9.17) is 28.2 Å². The lowest BCUT2D eigenvalue weighted by atomic mass is 10.1. The van der Waals surface area contributed by atoms with Crippen LogP contribution in [0.1, 0.15) is 18.4 Å². The summed E-state index contributed by atoms with van der Waals surface area (Å²) in [5.41, 5.74) is 3.29. The first-order valence-corrected chi connectivity index (χ1v) is 12.5. The van der Waals surface area contributed by atoms with Crippen molar-refractivity contribution in [3.05, 3.63) is 63.5 Å². The van der Waals surface area contributed by atoms with Crippen molar-refractivity contribution in [2.45, 2.75) is 29.9 Å². The van der Waals surface area contributed by atoms with E-state index in [9.17, 15) is 8.42 Å². The lowest BCUT2D eigenvalue weighted by Crippen LogP contribution is -2.39. The molecule has 1 fully saturated rings. The Kier molecular flexibility index (Phi) is 5.89. The minimum absolute atomic E-state index is 0.237. The molecule has 2 heterocycles. The first-order chi connectivity index (χ1) is 13.9. The Morgan fingerprint density at radius 2 is 1.79 bits per heavy atom. The Hall–Kier alpha value is -1.60. The topological polar surface area (TPSA) is 50.3 Å². The second-order valence-corrected chi connectivity index (χ2v) is 11.0. The van der Waals surface area contributed by atoms with E-state index < -0.39 is 15.1 Å². The van der Waals surface area contributed by atoms with E-state index in [1.54, 1.807) is 11.3 Å². The number of piperidine rings is 1. The predicted octanol–water partition coefficient (Wildman–Crippen LogP) is 5.87. The maximum absolute atomic E-state index is 13.0. The van der Waals surface area contributed by atoms with E-state index >= 15 is 0 Å². The second-order valence-electron chi connectivity index (χ2n) is 7.14. The quantitative estimate of drug-likeness (QED) is 0.482. The number of aromatic nitrogens is 1. The molecule has 2 aromatic carbocycles. The molecule has 0 bridgehead atoms. The lowest BCUT2D eigenvalue weighted by Gasteiger charge is -2.31. The largest absolute Gasteiger partial charge is 0.348 e. The molecule has 0 aliphatic carbocycles. The molecular weight excluding hydrogens is 447 g/mol. The van der Waals surface area contributed by atoms with E-state index in [1.165, 1.54) is 23.8 Å². The van der Waals surface area contributed by atoms with Gasteiger partial charge in [-0.05, 0) is 43.5 Å². The van der Waals surface area contributed by atoms with Crippen LogP contribution in [0.3, 0.4) is 0 Å². The van der Waals surface area contributed by atoms with Gasteiger partial charge >= 0.3 is 0 Å². The molecule has 152 valence electrons. The van der Waals surface area contributed by atoms with Gasteiger partial charge in [0.2, 0.25) is 0 Å². The van der Waals surface area contributed by atoms with E-state index in [1.807, 2.05) is 12.1 Å². The number of sulfone groups is 1. The van der Waals surface area contributed by atoms with Crippen LogP contribution in [0.15, 0.2) is 52.7 Å². The minimum Gasteiger partial charge on any atom is -0.348 e. The third-order valence-electron chi connectivity index (χ3n) is 5.28. The summed E-state index contributed by atoms with van der Waals surface area (Å²) in [7, 11) is -3.44. The fourth-order valence-corrected chi connectivity index (χ4v) is 6.60. The minimum atomic E-state index is -3.44. The molecular formula is C21H20Cl2N2O2S2. The highest BCUT2D eigenvalue weighted by molar-refractivity contribution is 7.92. The Balaban J connectivity index is 1.47. The van der Waals surface area contributed by atoms with Crippen LogP contribution in [0.25, 0.3) is 11.3 Å². The Morgan fingerprint density at radius 1 is 1.07 bits per heavy atom. The van der Waals surface area contributed by atoms with Crippen molar-refractivity contribution < 1.29 is 8.42 Å². The van der Waals surface area contributed by atoms with Gasteiger partial charge in [-0.3, -0.25) is 0 Å². The normalized spacial score (nSPS) is 15.6. The van der Waals surface area contributed by atoms with Crippen LogP contribution in [-0.2, 0) is 9.84 Å². The monoisotopic (exact) mass is 466 g/mol. The van der Waals surface area contributed by atoms with Gasteiger partial charge in [-0.15, -0.1) is 11.3 Å². The van der Waals surface area contributed by atoms with Crippen molar-refractivity contribution in [3.8, 4) is 11.3 Å². The number of halogens is 2. The van der Waals surface area contributed by atoms with Crippen LogP contribution >= 0.6 is 34.5 Å². The molecule has 8 heteroatoms. The summed E-state index contributed by atoms with van der Waals surface area (Å²) in [4.78, 5) is 7.21. The Morgan fingerprint density at radius 3 is 2.48 bits per heavy atom. The smallest absolute Gasteiger partial charge is 0.185 e. The van der Waals surface area contributed by atoms with E-state index in [0.29, 0.717) is 31.0 Å². The number of nitrogens with zero attached hydrogens (tertiary/aromatic N) is 2. The van der Waals surface area contributed by atoms with Gasteiger partial charge in [-0.25, -0.2) is 13.4 Å². The van der Waals surface area contributed by atoms with E-state index in [0.717, 1.165) is 16.4 Å². The van der Waals surface area contributed by atoms with Crippen molar-refractivity contribution >= 4 is 49.5 Å². The third kappa shape index (κ3) is 4.17. The molecule has 4 rings (SSSR count). The highest BCUT2D eigenvalue weighted by Crippen LogP contribution is 2.33. The number of benzene rings is 2. The van der Waals surface area contributed by atoms with Crippen LogP contribution in [-0.4, -0.2) is 31.7 Å². The van der Waals surface area contributed by atoms with Crippen LogP contribution in [0.2, 0.25) is 10.0 Å². The lowest BCUT2D eigenvalue weighted by molar-refractivity contribution is 0.529. The SMILES string of the molecule is Cc1ccccc1-c1csc(N2CCC(S(=O)(=O)c3ccc(Cl)c(Cl)c3)CC2)n1. The molecule has 0 atom stereocenters. The standard InChI is InChI=1S/C21H20Cl2N2O2S2/c1-14-4-2-3-5-17(14)20-13-28-21(24-20)25-10-8-15(9-11-25)29(26,27)16-6-7-18(22)19(23)12-16/h2-7,12-13,15H,8-11H2,1H3. The first-order valence-electron chi connectivity index (χ1n) is 9.31. The summed E-state index contributed by atoms with van der Waals surface area (Å²) >= 11 is 13.5. The van der Waals surface area contributed by atoms with Gasteiger partial charge < -0.3 is 4.90 Å². The molecule has 0 spiro atoms. The number of hydrogen-bond donors (Lipinski definition) is 0. The van der Waals surface area contributed by atoms with Crippen molar-refractivity contribution in [2.24, 2.45) is 0 Å². The Labute approximate surface area is 185 Å². The third-order valence-corrected chi connectivity index (χ3v) is 9.18. The zero-order valence-electron chi connectivity index (χ0n) is 15.8. The number of rotatable bonds is 4. The van der Waals surface area contributed by atoms with Gasteiger partial charge in [0.1, 0.15) is 0 Å². The molecule has 0 amide bonds. The number of anilines is 1. The summed E-state index contributed by atoms with van der Waals surface area (Å²) in [6.45, 7) is 3.39. The van der Waals surface area contributed by atoms with Crippen LogP contribution < -0.4 is 4.90 Å². The number of hydrogen-bond acceptors (Lipinski definition) is 5. The van der Waals surface area contributed by atoms with Crippen molar-refractivity contribution in [1.29, 1.82) is 0 Å². The van der Waals surface area contributed by atoms with Gasteiger partial charge in [0.05, 0.1) is 25.9 Å². The second kappa shape index (κ2) is 8.26. The van der Waals surface area contributed by atoms with Gasteiger partial charge in [0.15, 0.2) is 15.0 Å². The molecule has 1 saturated heterocycles. The molecule has 0 saturated carbocycles. The average Bonchev–Trinajstić information content (AvgIpc) is 3.20. The Bertz CT molecular complexity index is 1140. The van der Waals surface area contributed by atoms with Crippen molar-refractivity contribution in [1.82, 2.24) is 4.98 Å². The average molecular weight is 467 g/mol. The molecule has 29 heavy (non-hydrogen) atoms. The molecule has 1 aromatic heterocycles. The van der Waals surface area contributed by atoms with Crippen LogP contribution in [0.4, 0.5) is 5.13 Å². The maximum atomic E-state index is 13.0. The zero-order valence-corrected chi connectivity index (χ0v) is 19.0. The summed E-state index contributed by atoms with van der Waals surface area (Å²) in [6.07, 6.45) is 1.11. The van der Waals surface area contributed by atoms with E-state index in [2.05, 4.69) is 29.3 Å². The van der Waals surface area contributed by atoms with Gasteiger partial charge in [0.25, 0.3) is 0 Å². The predicted molar refractivity (Wildman–Crippen MR) is 121 cm³/mol. The number of aryl methyl sites for hydroxylation is 1. The molecule has 0 N–H and O–H groups in total. The van der Waals surface area contributed by atoms with E-state index in [-0.39, 0.29) is 9.92 Å². The molecule has 0 unspecified atom stereocenters.